The number of hydrogen-bond acceptors (Lipinski definition) is 11. The minimum atomic E-state index is -5.83. The molecule has 0 spiro atoms. The van der Waals surface area contributed by atoms with E-state index < -0.39 is 72.5 Å². The Bertz CT molecular complexity index is 1080. The second-order valence-corrected chi connectivity index (χ2v) is 10.4. The van der Waals surface area contributed by atoms with Crippen LogP contribution in [0.15, 0.2) is 15.8 Å². The van der Waals surface area contributed by atoms with Gasteiger partial charge in [0.05, 0.1) is 12.2 Å². The van der Waals surface area contributed by atoms with Crippen molar-refractivity contribution in [3.8, 4) is 0 Å². The zero-order valence-corrected chi connectivity index (χ0v) is 17.6. The van der Waals surface area contributed by atoms with Crippen LogP contribution in [0.25, 0.3) is 0 Å². The van der Waals surface area contributed by atoms with Gasteiger partial charge in [0, 0.05) is 12.6 Å². The van der Waals surface area contributed by atoms with Crippen molar-refractivity contribution >= 4 is 23.5 Å². The summed E-state index contributed by atoms with van der Waals surface area (Å²) in [5.41, 5.74) is -2.43. The highest BCUT2D eigenvalue weighted by Gasteiger charge is 2.50. The van der Waals surface area contributed by atoms with Crippen molar-refractivity contribution in [3.05, 3.63) is 32.6 Å². The van der Waals surface area contributed by atoms with E-state index in [1.807, 2.05) is 0 Å². The molecular weight excluding hydrogens is 500 g/mol. The van der Waals surface area contributed by atoms with Gasteiger partial charge in [-0.05, 0) is 0 Å². The Hall–Kier alpha value is -1.10. The number of hydrogen-bond donors (Lipinski definition) is 7. The molecule has 0 saturated carbocycles. The molecule has 2 rings (SSSR count). The van der Waals surface area contributed by atoms with Crippen molar-refractivity contribution in [2.24, 2.45) is 0 Å². The predicted molar refractivity (Wildman–Crippen MR) is 91.6 cm³/mol. The summed E-state index contributed by atoms with van der Waals surface area (Å²) in [6.07, 6.45) is -3.75. The fourth-order valence-electron chi connectivity index (χ4n) is 2.40. The zero-order valence-electron chi connectivity index (χ0n) is 14.9. The number of nitrogens with zero attached hydrogens (tertiary/aromatic N) is 1. The predicted octanol–water partition coefficient (Wildman–Crippen LogP) is -1.68. The third-order valence-electron chi connectivity index (χ3n) is 3.52. The molecule has 0 bridgehead atoms. The third kappa shape index (κ3) is 7.20. The lowest BCUT2D eigenvalue weighted by molar-refractivity contribution is -0.178. The number of aromatic amines is 1. The van der Waals surface area contributed by atoms with E-state index in [-0.39, 0.29) is 5.56 Å². The standard InChI is InChI=1S/C10H16FN2O15P3/c11-10(4-25-30(21,22)28-31(23,24)27-29(18,19)20)1-6(15)8(26-10)13-2-5(3-14)7(16)12-9(13)17/h2,6,8,14-15H,1,3-4H2,(H,21,22)(H,23,24)(H,12,16,17)(H2,18,19,20)/t6-,8-,10+/m1/s1. The SMILES string of the molecule is O=c1[nH]c(=O)n([C@@H]2O[C@](F)(COP(=O)(O)OP(=O)(O)OP(=O)(O)O)C[C@H]2O)cc1CO. The number of aliphatic hydroxyl groups excluding tert-OH is 2. The van der Waals surface area contributed by atoms with E-state index in [9.17, 15) is 37.7 Å². The van der Waals surface area contributed by atoms with Gasteiger partial charge >= 0.3 is 29.2 Å². The van der Waals surface area contributed by atoms with Crippen LogP contribution >= 0.6 is 23.5 Å². The number of H-pyrrole nitrogens is 1. The third-order valence-corrected chi connectivity index (χ3v) is 7.30. The molecule has 31 heavy (non-hydrogen) atoms. The quantitative estimate of drug-likeness (QED) is 0.181. The highest BCUT2D eigenvalue weighted by atomic mass is 31.3. The van der Waals surface area contributed by atoms with Gasteiger partial charge in [0.25, 0.3) is 5.56 Å². The summed E-state index contributed by atoms with van der Waals surface area (Å²) in [6, 6.07) is 0. The van der Waals surface area contributed by atoms with Crippen LogP contribution in [0.4, 0.5) is 4.39 Å². The van der Waals surface area contributed by atoms with Crippen molar-refractivity contribution < 1.29 is 65.8 Å². The minimum Gasteiger partial charge on any atom is -0.391 e. The van der Waals surface area contributed by atoms with Crippen LogP contribution in [0.3, 0.4) is 0 Å². The largest absolute Gasteiger partial charge is 0.490 e. The molecule has 1 fully saturated rings. The van der Waals surface area contributed by atoms with E-state index in [4.69, 9.17) is 24.5 Å². The molecule has 1 aromatic heterocycles. The average molecular weight is 516 g/mol. The average Bonchev–Trinajstić information content (AvgIpc) is 2.85. The Morgan fingerprint density at radius 3 is 2.35 bits per heavy atom. The molecule has 7 N–H and O–H groups in total. The smallest absolute Gasteiger partial charge is 0.391 e. The van der Waals surface area contributed by atoms with Crippen LogP contribution in [0.1, 0.15) is 18.2 Å². The molecule has 1 aliphatic heterocycles. The summed E-state index contributed by atoms with van der Waals surface area (Å²) in [5, 5.41) is 19.1. The molecule has 1 aromatic rings. The molecule has 0 aliphatic carbocycles. The maximum absolute atomic E-state index is 14.8. The van der Waals surface area contributed by atoms with Gasteiger partial charge < -0.3 is 34.5 Å². The number of nitrogens with one attached hydrogen (secondary N) is 1. The molecule has 21 heteroatoms. The van der Waals surface area contributed by atoms with Crippen molar-refractivity contribution in [2.75, 3.05) is 6.61 Å². The van der Waals surface area contributed by atoms with Crippen LogP contribution in [0.5, 0.6) is 0 Å². The Balaban J connectivity index is 2.13. The van der Waals surface area contributed by atoms with E-state index in [1.165, 1.54) is 0 Å². The number of halogens is 1. The molecule has 0 radical (unpaired) electrons. The van der Waals surface area contributed by atoms with Gasteiger partial charge in [0.1, 0.15) is 12.7 Å². The van der Waals surface area contributed by atoms with Crippen LogP contribution in [0.2, 0.25) is 0 Å². The Labute approximate surface area is 170 Å². The number of ether oxygens (including phenoxy) is 1. The first kappa shape index (κ1) is 26.2. The molecule has 1 saturated heterocycles. The summed E-state index contributed by atoms with van der Waals surface area (Å²) < 4.78 is 64.6. The second kappa shape index (κ2) is 9.03. The van der Waals surface area contributed by atoms with Gasteiger partial charge in [-0.15, -0.1) is 0 Å². The van der Waals surface area contributed by atoms with Crippen LogP contribution < -0.4 is 11.2 Å². The summed E-state index contributed by atoms with van der Waals surface area (Å²) in [4.78, 5) is 60.4. The minimum absolute atomic E-state index is 0.333. The van der Waals surface area contributed by atoms with E-state index in [0.29, 0.717) is 4.57 Å². The van der Waals surface area contributed by atoms with Gasteiger partial charge in [-0.3, -0.25) is 18.9 Å². The van der Waals surface area contributed by atoms with Crippen LogP contribution in [-0.4, -0.2) is 57.9 Å². The Morgan fingerprint density at radius 1 is 1.19 bits per heavy atom. The van der Waals surface area contributed by atoms with Crippen LogP contribution in [0, 0.1) is 0 Å². The molecule has 2 heterocycles. The van der Waals surface area contributed by atoms with Gasteiger partial charge in [0.15, 0.2) is 6.23 Å². The first-order valence-corrected chi connectivity index (χ1v) is 12.3. The maximum Gasteiger partial charge on any atom is 0.490 e. The fourth-order valence-corrected chi connectivity index (χ4v) is 5.45. The second-order valence-electron chi connectivity index (χ2n) is 6.01. The lowest BCUT2D eigenvalue weighted by atomic mass is 10.2. The highest BCUT2D eigenvalue weighted by Crippen LogP contribution is 2.66. The van der Waals surface area contributed by atoms with Crippen molar-refractivity contribution in [1.29, 1.82) is 0 Å². The highest BCUT2D eigenvalue weighted by molar-refractivity contribution is 7.66. The van der Waals surface area contributed by atoms with Gasteiger partial charge in [-0.1, -0.05) is 0 Å². The topological polar surface area (TPSA) is 264 Å². The monoisotopic (exact) mass is 516 g/mol. The van der Waals surface area contributed by atoms with Crippen molar-refractivity contribution in [1.82, 2.24) is 9.55 Å². The molecule has 2 unspecified atom stereocenters. The summed E-state index contributed by atoms with van der Waals surface area (Å²) in [7, 11) is -17.1. The zero-order chi connectivity index (χ0) is 23.8. The molecule has 1 aliphatic rings. The van der Waals surface area contributed by atoms with E-state index in [2.05, 4.69) is 13.1 Å². The molecular formula is C10H16FN2O15P3. The Morgan fingerprint density at radius 2 is 1.81 bits per heavy atom. The van der Waals surface area contributed by atoms with Gasteiger partial charge in [0.2, 0.25) is 5.85 Å². The van der Waals surface area contributed by atoms with Crippen molar-refractivity contribution in [3.63, 3.8) is 0 Å². The number of alkyl halides is 1. The van der Waals surface area contributed by atoms with Crippen LogP contribution in [-0.2, 0) is 38.2 Å². The lowest BCUT2D eigenvalue weighted by Crippen LogP contribution is -2.37. The lowest BCUT2D eigenvalue weighted by Gasteiger charge is -2.22. The number of aliphatic hydroxyl groups is 2. The Kier molecular flexibility index (Phi) is 7.62. The molecule has 0 amide bonds. The fraction of sp³-hybridized carbons (Fsp3) is 0.600. The summed E-state index contributed by atoms with van der Waals surface area (Å²) in [5.74, 6) is -3.08. The number of rotatable bonds is 9. The van der Waals surface area contributed by atoms with Crippen molar-refractivity contribution in [2.45, 2.75) is 31.2 Å². The van der Waals surface area contributed by atoms with Gasteiger partial charge in [-0.25, -0.2) is 22.9 Å². The molecule has 17 nitrogen and oxygen atoms in total. The number of phosphoric ester groups is 1. The molecule has 178 valence electrons. The van der Waals surface area contributed by atoms with E-state index in [1.54, 1.807) is 4.98 Å². The number of aromatic nitrogens is 2. The number of phosphoric acid groups is 3. The first-order chi connectivity index (χ1) is 14.0. The van der Waals surface area contributed by atoms with E-state index >= 15 is 0 Å². The summed E-state index contributed by atoms with van der Waals surface area (Å²) >= 11 is 0. The molecule has 0 aromatic carbocycles. The maximum atomic E-state index is 14.8. The van der Waals surface area contributed by atoms with E-state index in [0.717, 1.165) is 6.20 Å². The summed E-state index contributed by atoms with van der Waals surface area (Å²) in [6.45, 7) is -2.35. The molecule has 5 atom stereocenters. The normalized spacial score (nSPS) is 28.2. The van der Waals surface area contributed by atoms with Gasteiger partial charge in [-0.2, -0.15) is 8.62 Å². The first-order valence-electron chi connectivity index (χ1n) is 7.74.